The van der Waals surface area contributed by atoms with E-state index in [1.54, 1.807) is 18.2 Å². The number of para-hydroxylation sites is 1. The van der Waals surface area contributed by atoms with E-state index < -0.39 is 6.04 Å². The maximum Gasteiger partial charge on any atom is 0.134 e. The van der Waals surface area contributed by atoms with E-state index in [0.717, 1.165) is 27.9 Å². The van der Waals surface area contributed by atoms with Crippen LogP contribution in [0.2, 0.25) is 10.0 Å². The van der Waals surface area contributed by atoms with Gasteiger partial charge in [-0.1, -0.05) is 41.4 Å². The summed E-state index contributed by atoms with van der Waals surface area (Å²) in [5.74, 6) is 0.718. The Kier molecular flexibility index (Phi) is 3.47. The Labute approximate surface area is 127 Å². The number of hydrogen-bond acceptors (Lipinski definition) is 2. The third-order valence-corrected chi connectivity index (χ3v) is 4.04. The lowest BCUT2D eigenvalue weighted by atomic mass is 10.0. The van der Waals surface area contributed by atoms with Gasteiger partial charge in [0, 0.05) is 21.0 Å². The van der Waals surface area contributed by atoms with Crippen LogP contribution >= 0.6 is 23.2 Å². The summed E-state index contributed by atoms with van der Waals surface area (Å²) in [5.41, 5.74) is 8.94. The predicted molar refractivity (Wildman–Crippen MR) is 83.4 cm³/mol. The Balaban J connectivity index is 2.15. The third kappa shape index (κ3) is 2.20. The molecule has 2 aromatic carbocycles. The highest BCUT2D eigenvalue weighted by molar-refractivity contribution is 6.33. The highest BCUT2D eigenvalue weighted by Crippen LogP contribution is 2.34. The van der Waals surface area contributed by atoms with Crippen LogP contribution in [0.4, 0.5) is 0 Å². The molecule has 0 saturated carbocycles. The second-order valence-corrected chi connectivity index (χ2v) is 5.57. The molecule has 1 atom stereocenters. The van der Waals surface area contributed by atoms with E-state index in [1.165, 1.54) is 0 Å². The van der Waals surface area contributed by atoms with Crippen LogP contribution in [0.1, 0.15) is 22.9 Å². The molecule has 4 heteroatoms. The zero-order valence-electron chi connectivity index (χ0n) is 10.9. The number of fused-ring (bicyclic) bond motifs is 1. The zero-order chi connectivity index (χ0) is 14.3. The van der Waals surface area contributed by atoms with Gasteiger partial charge in [-0.2, -0.15) is 0 Å². The number of rotatable bonds is 2. The fourth-order valence-corrected chi connectivity index (χ4v) is 2.80. The van der Waals surface area contributed by atoms with Crippen molar-refractivity contribution in [2.75, 3.05) is 0 Å². The lowest BCUT2D eigenvalue weighted by molar-refractivity contribution is 0.521. The summed E-state index contributed by atoms with van der Waals surface area (Å²) in [4.78, 5) is 0. The number of furan rings is 1. The third-order valence-electron chi connectivity index (χ3n) is 3.46. The number of aryl methyl sites for hydroxylation is 1. The van der Waals surface area contributed by atoms with E-state index in [1.807, 2.05) is 31.2 Å². The molecular weight excluding hydrogens is 293 g/mol. The largest absolute Gasteiger partial charge is 0.459 e. The fourth-order valence-electron chi connectivity index (χ4n) is 2.38. The quantitative estimate of drug-likeness (QED) is 0.715. The Morgan fingerprint density at radius 1 is 1.10 bits per heavy atom. The van der Waals surface area contributed by atoms with Crippen molar-refractivity contribution in [2.24, 2.45) is 5.73 Å². The average Bonchev–Trinajstić information content (AvgIpc) is 2.79. The molecule has 0 aliphatic carbocycles. The van der Waals surface area contributed by atoms with E-state index in [4.69, 9.17) is 33.4 Å². The molecule has 1 unspecified atom stereocenters. The molecule has 3 aromatic rings. The molecule has 0 spiro atoms. The molecule has 0 bridgehead atoms. The highest BCUT2D eigenvalue weighted by Gasteiger charge is 2.20. The molecule has 1 heterocycles. The molecule has 2 N–H and O–H groups in total. The van der Waals surface area contributed by atoms with Crippen LogP contribution < -0.4 is 5.73 Å². The molecule has 0 fully saturated rings. The minimum absolute atomic E-state index is 0.436. The van der Waals surface area contributed by atoms with Crippen molar-refractivity contribution in [1.82, 2.24) is 0 Å². The van der Waals surface area contributed by atoms with Gasteiger partial charge in [-0.15, -0.1) is 0 Å². The number of nitrogens with two attached hydrogens (primary N) is 1. The summed E-state index contributed by atoms with van der Waals surface area (Å²) < 4.78 is 5.88. The lowest BCUT2D eigenvalue weighted by Gasteiger charge is -2.12. The fraction of sp³-hybridized carbons (Fsp3) is 0.125. The molecule has 20 heavy (non-hydrogen) atoms. The van der Waals surface area contributed by atoms with Gasteiger partial charge in [0.1, 0.15) is 11.3 Å². The molecule has 0 saturated heterocycles. The highest BCUT2D eigenvalue weighted by atomic mass is 35.5. The first kappa shape index (κ1) is 13.5. The Morgan fingerprint density at radius 3 is 2.60 bits per heavy atom. The standard InChI is InChI=1S/C16H13Cl2NO/c1-9-11-4-2-3-5-14(11)20-16(9)15(19)12-8-10(17)6-7-13(12)18/h2-8,15H,19H2,1H3. The summed E-state index contributed by atoms with van der Waals surface area (Å²) in [7, 11) is 0. The van der Waals surface area contributed by atoms with Crippen molar-refractivity contribution in [3.05, 3.63) is 69.4 Å². The maximum atomic E-state index is 6.31. The van der Waals surface area contributed by atoms with E-state index >= 15 is 0 Å². The molecular formula is C16H13Cl2NO. The van der Waals surface area contributed by atoms with Crippen molar-refractivity contribution in [1.29, 1.82) is 0 Å². The van der Waals surface area contributed by atoms with E-state index in [-0.39, 0.29) is 0 Å². The van der Waals surface area contributed by atoms with Gasteiger partial charge in [0.25, 0.3) is 0 Å². The van der Waals surface area contributed by atoms with Crippen LogP contribution in [0, 0.1) is 6.92 Å². The number of benzene rings is 2. The first-order chi connectivity index (χ1) is 9.58. The van der Waals surface area contributed by atoms with Gasteiger partial charge in [0.15, 0.2) is 0 Å². The number of halogens is 2. The minimum atomic E-state index is -0.436. The summed E-state index contributed by atoms with van der Waals surface area (Å²) in [6.45, 7) is 2.00. The average molecular weight is 306 g/mol. The molecule has 102 valence electrons. The van der Waals surface area contributed by atoms with Crippen molar-refractivity contribution < 1.29 is 4.42 Å². The summed E-state index contributed by atoms with van der Waals surface area (Å²) >= 11 is 12.2. The molecule has 1 aromatic heterocycles. The van der Waals surface area contributed by atoms with E-state index in [9.17, 15) is 0 Å². The first-order valence-corrected chi connectivity index (χ1v) is 7.02. The van der Waals surface area contributed by atoms with Gasteiger partial charge in [0.2, 0.25) is 0 Å². The molecule has 0 aliphatic rings. The second kappa shape index (κ2) is 5.13. The van der Waals surface area contributed by atoms with Crippen LogP contribution in [0.5, 0.6) is 0 Å². The normalized spacial score (nSPS) is 12.8. The summed E-state index contributed by atoms with van der Waals surface area (Å²) in [5, 5.41) is 2.26. The van der Waals surface area contributed by atoms with Gasteiger partial charge in [-0.3, -0.25) is 0 Å². The van der Waals surface area contributed by atoms with Crippen LogP contribution in [0.15, 0.2) is 46.9 Å². The molecule has 0 amide bonds. The Morgan fingerprint density at radius 2 is 1.85 bits per heavy atom. The van der Waals surface area contributed by atoms with Crippen LogP contribution in [0.3, 0.4) is 0 Å². The van der Waals surface area contributed by atoms with Crippen LogP contribution in [-0.2, 0) is 0 Å². The Bertz CT molecular complexity index is 779. The van der Waals surface area contributed by atoms with Crippen LogP contribution in [-0.4, -0.2) is 0 Å². The predicted octanol–water partition coefficient (Wildman–Crippen LogP) is 5.10. The summed E-state index contributed by atoms with van der Waals surface area (Å²) in [6.07, 6.45) is 0. The molecule has 3 rings (SSSR count). The zero-order valence-corrected chi connectivity index (χ0v) is 12.4. The van der Waals surface area contributed by atoms with Crippen molar-refractivity contribution >= 4 is 34.2 Å². The van der Waals surface area contributed by atoms with Gasteiger partial charge in [-0.25, -0.2) is 0 Å². The van der Waals surface area contributed by atoms with Crippen molar-refractivity contribution in [2.45, 2.75) is 13.0 Å². The van der Waals surface area contributed by atoms with E-state index in [2.05, 4.69) is 0 Å². The minimum Gasteiger partial charge on any atom is -0.459 e. The van der Waals surface area contributed by atoms with Crippen molar-refractivity contribution in [3.63, 3.8) is 0 Å². The molecule has 2 nitrogen and oxygen atoms in total. The lowest BCUT2D eigenvalue weighted by Crippen LogP contribution is -2.12. The second-order valence-electron chi connectivity index (χ2n) is 4.73. The maximum absolute atomic E-state index is 6.31. The SMILES string of the molecule is Cc1c(C(N)c2cc(Cl)ccc2Cl)oc2ccccc12. The smallest absolute Gasteiger partial charge is 0.134 e. The van der Waals surface area contributed by atoms with Crippen LogP contribution in [0.25, 0.3) is 11.0 Å². The molecule has 0 aliphatic heterocycles. The monoisotopic (exact) mass is 305 g/mol. The topological polar surface area (TPSA) is 39.2 Å². The van der Waals surface area contributed by atoms with E-state index in [0.29, 0.717) is 10.0 Å². The van der Waals surface area contributed by atoms with Crippen molar-refractivity contribution in [3.8, 4) is 0 Å². The van der Waals surface area contributed by atoms with Gasteiger partial charge < -0.3 is 10.2 Å². The Hall–Kier alpha value is -1.48. The van der Waals surface area contributed by atoms with Gasteiger partial charge in [-0.05, 0) is 36.8 Å². The summed E-state index contributed by atoms with van der Waals surface area (Å²) in [6, 6.07) is 12.7. The van der Waals surface area contributed by atoms with Gasteiger partial charge >= 0.3 is 0 Å². The molecule has 0 radical (unpaired) electrons. The number of hydrogen-bond donors (Lipinski definition) is 1. The first-order valence-electron chi connectivity index (χ1n) is 6.26. The van der Waals surface area contributed by atoms with Gasteiger partial charge in [0.05, 0.1) is 6.04 Å².